The van der Waals surface area contributed by atoms with E-state index < -0.39 is 16.1 Å². The van der Waals surface area contributed by atoms with E-state index in [0.29, 0.717) is 22.9 Å². The number of nitrogens with one attached hydrogen (secondary N) is 1. The van der Waals surface area contributed by atoms with Crippen molar-refractivity contribution in [1.82, 2.24) is 10.3 Å². The van der Waals surface area contributed by atoms with E-state index in [1.165, 1.54) is 12.1 Å². The molecule has 7 nitrogen and oxygen atoms in total. The molecule has 146 valence electrons. The molecule has 0 saturated carbocycles. The van der Waals surface area contributed by atoms with Crippen LogP contribution in [0.1, 0.15) is 30.0 Å². The van der Waals surface area contributed by atoms with Crippen LogP contribution in [0.15, 0.2) is 63.9 Å². The highest BCUT2D eigenvalue weighted by molar-refractivity contribution is 7.89. The number of oxazole rings is 1. The predicted molar refractivity (Wildman–Crippen MR) is 105 cm³/mol. The predicted octanol–water partition coefficient (Wildman–Crippen LogP) is 2.72. The SMILES string of the molecule is Cc1oc(-c2ccccc2)nc1CC(=O)NC(C)c1cccc(S(N)(=O)=O)c1. The van der Waals surface area contributed by atoms with Gasteiger partial charge in [-0.2, -0.15) is 0 Å². The Hall–Kier alpha value is -2.97. The molecule has 3 N–H and O–H groups in total. The molecule has 1 heterocycles. The number of hydrogen-bond donors (Lipinski definition) is 2. The fourth-order valence-electron chi connectivity index (χ4n) is 2.79. The summed E-state index contributed by atoms with van der Waals surface area (Å²) in [5.41, 5.74) is 2.04. The van der Waals surface area contributed by atoms with Gasteiger partial charge in [0.2, 0.25) is 21.8 Å². The first kappa shape index (κ1) is 19.8. The van der Waals surface area contributed by atoms with Crippen molar-refractivity contribution < 1.29 is 17.6 Å². The fourth-order valence-corrected chi connectivity index (χ4v) is 3.35. The Morgan fingerprint density at radius 2 is 1.89 bits per heavy atom. The van der Waals surface area contributed by atoms with Crippen LogP contribution in [0.4, 0.5) is 0 Å². The first-order valence-electron chi connectivity index (χ1n) is 8.68. The van der Waals surface area contributed by atoms with Crippen molar-refractivity contribution in [3.05, 3.63) is 71.6 Å². The molecule has 28 heavy (non-hydrogen) atoms. The van der Waals surface area contributed by atoms with Crippen LogP contribution < -0.4 is 10.5 Å². The fraction of sp³-hybridized carbons (Fsp3) is 0.200. The van der Waals surface area contributed by atoms with Crippen molar-refractivity contribution in [2.45, 2.75) is 31.2 Å². The summed E-state index contributed by atoms with van der Waals surface area (Å²) in [5, 5.41) is 8.01. The minimum Gasteiger partial charge on any atom is -0.441 e. The van der Waals surface area contributed by atoms with Crippen molar-refractivity contribution in [2.24, 2.45) is 5.14 Å². The zero-order chi connectivity index (χ0) is 20.3. The number of primary sulfonamides is 1. The number of amides is 1. The van der Waals surface area contributed by atoms with Crippen LogP contribution in [-0.4, -0.2) is 19.3 Å². The molecule has 0 aliphatic rings. The summed E-state index contributed by atoms with van der Waals surface area (Å²) in [6.07, 6.45) is 0.0569. The Morgan fingerprint density at radius 1 is 1.18 bits per heavy atom. The van der Waals surface area contributed by atoms with E-state index in [4.69, 9.17) is 9.56 Å². The van der Waals surface area contributed by atoms with Crippen LogP contribution in [0, 0.1) is 6.92 Å². The molecule has 0 bridgehead atoms. The van der Waals surface area contributed by atoms with Crippen molar-refractivity contribution >= 4 is 15.9 Å². The van der Waals surface area contributed by atoms with Crippen molar-refractivity contribution in [1.29, 1.82) is 0 Å². The van der Waals surface area contributed by atoms with Crippen molar-refractivity contribution in [2.75, 3.05) is 0 Å². The minimum absolute atomic E-state index is 0.00551. The quantitative estimate of drug-likeness (QED) is 0.661. The molecule has 1 unspecified atom stereocenters. The third-order valence-corrected chi connectivity index (χ3v) is 5.22. The highest BCUT2D eigenvalue weighted by Crippen LogP contribution is 2.22. The van der Waals surface area contributed by atoms with Gasteiger partial charge in [-0.05, 0) is 43.7 Å². The average molecular weight is 399 g/mol. The van der Waals surface area contributed by atoms with Gasteiger partial charge in [0.05, 0.1) is 23.1 Å². The Kier molecular flexibility index (Phi) is 5.62. The summed E-state index contributed by atoms with van der Waals surface area (Å²) in [5.74, 6) is 0.803. The van der Waals surface area contributed by atoms with Crippen LogP contribution in [0.25, 0.3) is 11.5 Å². The molecule has 3 rings (SSSR count). The number of rotatable bonds is 6. The Bertz CT molecular complexity index is 1090. The number of sulfonamides is 1. The largest absolute Gasteiger partial charge is 0.441 e. The third-order valence-electron chi connectivity index (χ3n) is 4.31. The van der Waals surface area contributed by atoms with E-state index in [1.807, 2.05) is 30.3 Å². The molecule has 8 heteroatoms. The lowest BCUT2D eigenvalue weighted by atomic mass is 10.1. The van der Waals surface area contributed by atoms with E-state index in [0.717, 1.165) is 5.56 Å². The first-order valence-corrected chi connectivity index (χ1v) is 10.2. The molecule has 2 aromatic carbocycles. The molecule has 1 aromatic heterocycles. The normalized spacial score (nSPS) is 12.5. The summed E-state index contributed by atoms with van der Waals surface area (Å²) < 4.78 is 28.7. The van der Waals surface area contributed by atoms with E-state index in [2.05, 4.69) is 10.3 Å². The average Bonchev–Trinajstić information content (AvgIpc) is 3.02. The molecular weight excluding hydrogens is 378 g/mol. The molecule has 0 spiro atoms. The number of carbonyl (C=O) groups excluding carboxylic acids is 1. The van der Waals surface area contributed by atoms with Crippen LogP contribution in [0.2, 0.25) is 0 Å². The molecule has 1 amide bonds. The van der Waals surface area contributed by atoms with Crippen molar-refractivity contribution in [3.8, 4) is 11.5 Å². The molecule has 0 aliphatic carbocycles. The molecule has 0 aliphatic heterocycles. The lowest BCUT2D eigenvalue weighted by Gasteiger charge is -2.14. The van der Waals surface area contributed by atoms with Gasteiger partial charge in [0.25, 0.3) is 0 Å². The first-order chi connectivity index (χ1) is 13.2. The van der Waals surface area contributed by atoms with E-state index >= 15 is 0 Å². The lowest BCUT2D eigenvalue weighted by molar-refractivity contribution is -0.121. The molecule has 0 radical (unpaired) electrons. The number of nitrogens with two attached hydrogens (primary N) is 1. The Labute approximate surface area is 163 Å². The highest BCUT2D eigenvalue weighted by Gasteiger charge is 2.17. The zero-order valence-corrected chi connectivity index (χ0v) is 16.4. The zero-order valence-electron chi connectivity index (χ0n) is 15.5. The van der Waals surface area contributed by atoms with Gasteiger partial charge in [0.15, 0.2) is 0 Å². The van der Waals surface area contributed by atoms with Crippen molar-refractivity contribution in [3.63, 3.8) is 0 Å². The van der Waals surface area contributed by atoms with Crippen LogP contribution in [-0.2, 0) is 21.2 Å². The van der Waals surface area contributed by atoms with E-state index in [9.17, 15) is 13.2 Å². The highest BCUT2D eigenvalue weighted by atomic mass is 32.2. The number of aromatic nitrogens is 1. The number of carbonyl (C=O) groups is 1. The number of aryl methyl sites for hydroxylation is 1. The van der Waals surface area contributed by atoms with Gasteiger partial charge in [-0.25, -0.2) is 18.5 Å². The van der Waals surface area contributed by atoms with E-state index in [-0.39, 0.29) is 17.2 Å². The Balaban J connectivity index is 1.70. The van der Waals surface area contributed by atoms with Gasteiger partial charge in [0, 0.05) is 5.56 Å². The number of benzene rings is 2. The van der Waals surface area contributed by atoms with Crippen LogP contribution in [0.3, 0.4) is 0 Å². The van der Waals surface area contributed by atoms with Crippen LogP contribution in [0.5, 0.6) is 0 Å². The maximum absolute atomic E-state index is 12.4. The molecular formula is C20H21N3O4S. The van der Waals surface area contributed by atoms with Gasteiger partial charge in [-0.3, -0.25) is 4.79 Å². The van der Waals surface area contributed by atoms with E-state index in [1.54, 1.807) is 26.0 Å². The second kappa shape index (κ2) is 7.95. The number of hydrogen-bond acceptors (Lipinski definition) is 5. The summed E-state index contributed by atoms with van der Waals surface area (Å²) in [6.45, 7) is 3.53. The summed E-state index contributed by atoms with van der Waals surface area (Å²) in [7, 11) is -3.80. The maximum Gasteiger partial charge on any atom is 0.238 e. The molecule has 0 fully saturated rings. The summed E-state index contributed by atoms with van der Waals surface area (Å²) in [4.78, 5) is 16.9. The van der Waals surface area contributed by atoms with Gasteiger partial charge >= 0.3 is 0 Å². The third kappa shape index (κ3) is 4.65. The monoisotopic (exact) mass is 399 g/mol. The molecule has 3 aromatic rings. The number of nitrogens with zero attached hydrogens (tertiary/aromatic N) is 1. The molecule has 1 atom stereocenters. The topological polar surface area (TPSA) is 115 Å². The maximum atomic E-state index is 12.4. The second-order valence-corrected chi connectivity index (χ2v) is 8.03. The smallest absolute Gasteiger partial charge is 0.238 e. The minimum atomic E-state index is -3.80. The summed E-state index contributed by atoms with van der Waals surface area (Å²) >= 11 is 0. The van der Waals surface area contributed by atoms with Gasteiger partial charge in [-0.15, -0.1) is 0 Å². The molecule has 0 saturated heterocycles. The second-order valence-electron chi connectivity index (χ2n) is 6.47. The van der Waals surface area contributed by atoms with Gasteiger partial charge in [-0.1, -0.05) is 30.3 Å². The van der Waals surface area contributed by atoms with Crippen LogP contribution >= 0.6 is 0 Å². The van der Waals surface area contributed by atoms with Gasteiger partial charge < -0.3 is 9.73 Å². The standard InChI is InChI=1S/C20H21N3O4S/c1-13(16-9-6-10-17(11-16)28(21,25)26)22-19(24)12-18-14(2)27-20(23-18)15-7-4-3-5-8-15/h3-11,13H,12H2,1-2H3,(H,22,24)(H2,21,25,26). The van der Waals surface area contributed by atoms with Gasteiger partial charge in [0.1, 0.15) is 5.76 Å². The Morgan fingerprint density at radius 3 is 2.57 bits per heavy atom. The lowest BCUT2D eigenvalue weighted by Crippen LogP contribution is -2.28. The summed E-state index contributed by atoms with van der Waals surface area (Å²) in [6, 6.07) is 15.2.